The highest BCUT2D eigenvalue weighted by molar-refractivity contribution is 5.72. The van der Waals surface area contributed by atoms with E-state index in [1.807, 2.05) is 13.8 Å². The topological polar surface area (TPSA) is 92.8 Å². The number of hydrogen-bond acceptors (Lipinski definition) is 8. The summed E-state index contributed by atoms with van der Waals surface area (Å²) in [5, 5.41) is 0. The van der Waals surface area contributed by atoms with Crippen LogP contribution in [0.3, 0.4) is 0 Å². The van der Waals surface area contributed by atoms with Crippen molar-refractivity contribution in [2.24, 2.45) is 34.5 Å². The van der Waals surface area contributed by atoms with Gasteiger partial charge in [-0.25, -0.2) is 0 Å². The Labute approximate surface area is 207 Å². The minimum atomic E-state index is -0.822. The predicted octanol–water partition coefficient (Wildman–Crippen LogP) is 3.72. The van der Waals surface area contributed by atoms with Gasteiger partial charge in [-0.3, -0.25) is 9.59 Å². The number of hydrogen-bond donors (Lipinski definition) is 0. The average Bonchev–Trinajstić information content (AvgIpc) is 3.23. The van der Waals surface area contributed by atoms with Crippen LogP contribution < -0.4 is 0 Å². The molecule has 8 nitrogen and oxygen atoms in total. The first kappa shape index (κ1) is 23.7. The third-order valence-corrected chi connectivity index (χ3v) is 10.4. The van der Waals surface area contributed by atoms with Crippen molar-refractivity contribution >= 4 is 11.9 Å². The van der Waals surface area contributed by atoms with Crippen molar-refractivity contribution in [1.82, 2.24) is 0 Å². The molecular weight excluding hydrogens is 452 g/mol. The fourth-order valence-electron chi connectivity index (χ4n) is 8.18. The molecule has 2 aliphatic carbocycles. The van der Waals surface area contributed by atoms with Crippen LogP contribution >= 0.6 is 0 Å². The number of carbonyl (C=O) groups excluding carboxylic acids is 2. The van der Waals surface area contributed by atoms with Crippen LogP contribution in [0.4, 0.5) is 0 Å². The summed E-state index contributed by atoms with van der Waals surface area (Å²) in [6.45, 7) is 10.4. The molecule has 2 saturated carbocycles. The highest BCUT2D eigenvalue weighted by Crippen LogP contribution is 2.74. The normalized spacial score (nSPS) is 51.9. The first-order valence-corrected chi connectivity index (χ1v) is 13.3. The van der Waals surface area contributed by atoms with Crippen molar-refractivity contribution < 1.29 is 38.0 Å². The lowest BCUT2D eigenvalue weighted by Crippen LogP contribution is -2.77. The van der Waals surface area contributed by atoms with E-state index in [-0.39, 0.29) is 59.5 Å². The van der Waals surface area contributed by atoms with E-state index >= 15 is 0 Å². The van der Waals surface area contributed by atoms with Crippen molar-refractivity contribution in [3.8, 4) is 0 Å². The molecule has 0 aromatic carbocycles. The highest BCUT2D eigenvalue weighted by Gasteiger charge is 2.83. The molecule has 194 valence electrons. The molecule has 0 aromatic rings. The van der Waals surface area contributed by atoms with Gasteiger partial charge in [-0.15, -0.1) is 0 Å². The van der Waals surface area contributed by atoms with Crippen LogP contribution in [-0.4, -0.2) is 55.0 Å². The van der Waals surface area contributed by atoms with Crippen LogP contribution in [0, 0.1) is 34.5 Å². The van der Waals surface area contributed by atoms with Crippen LogP contribution in [0.2, 0.25) is 0 Å². The van der Waals surface area contributed by atoms with Crippen molar-refractivity contribution in [2.75, 3.05) is 6.61 Å². The van der Waals surface area contributed by atoms with Gasteiger partial charge in [0.15, 0.2) is 0 Å². The molecule has 2 spiro atoms. The maximum atomic E-state index is 13.1. The molecule has 8 heteroatoms. The molecule has 6 fully saturated rings. The van der Waals surface area contributed by atoms with Gasteiger partial charge in [-0.2, -0.15) is 0 Å². The van der Waals surface area contributed by atoms with Crippen LogP contribution in [-0.2, 0) is 38.0 Å². The van der Waals surface area contributed by atoms with Gasteiger partial charge in [-0.05, 0) is 43.6 Å². The monoisotopic (exact) mass is 490 g/mol. The summed E-state index contributed by atoms with van der Waals surface area (Å²) >= 11 is 0. The van der Waals surface area contributed by atoms with Gasteiger partial charge in [0.05, 0.1) is 31.0 Å². The molecule has 0 N–H and O–H groups in total. The third-order valence-electron chi connectivity index (χ3n) is 10.4. The zero-order valence-electron chi connectivity index (χ0n) is 21.4. The van der Waals surface area contributed by atoms with Gasteiger partial charge in [0.25, 0.3) is 0 Å². The molecule has 35 heavy (non-hydrogen) atoms. The summed E-state index contributed by atoms with van der Waals surface area (Å²) in [7, 11) is 0. The third kappa shape index (κ3) is 3.15. The Morgan fingerprint density at radius 3 is 2.60 bits per heavy atom. The van der Waals surface area contributed by atoms with E-state index in [2.05, 4.69) is 19.9 Å². The molecule has 2 bridgehead atoms. The molecule has 12 unspecified atom stereocenters. The molecule has 5 aliphatic heterocycles. The number of carbonyl (C=O) groups is 2. The maximum Gasteiger partial charge on any atom is 0.310 e. The standard InChI is InChI=1S/C27H38O8/c1-6-14(2)22(29)35-24-27-19(11-18(33-24)12-26(27)13-31-26)25(5,15(3)9-21(27)32-16(4)28)20-10-17-7-8-30-23(17)34-20/h7-8,14-15,17-21,23-24H,6,9-13H2,1-5H3. The number of ether oxygens (including phenoxy) is 6. The summed E-state index contributed by atoms with van der Waals surface area (Å²) in [6, 6.07) is 0. The van der Waals surface area contributed by atoms with E-state index in [4.69, 9.17) is 28.4 Å². The van der Waals surface area contributed by atoms with Crippen molar-refractivity contribution in [2.45, 2.75) is 103 Å². The lowest BCUT2D eigenvalue weighted by atomic mass is 9.40. The molecule has 0 amide bonds. The van der Waals surface area contributed by atoms with E-state index in [0.717, 1.165) is 19.3 Å². The first-order chi connectivity index (χ1) is 16.7. The Morgan fingerprint density at radius 1 is 1.17 bits per heavy atom. The number of epoxide rings is 1. The van der Waals surface area contributed by atoms with Gasteiger partial charge >= 0.3 is 11.9 Å². The first-order valence-electron chi connectivity index (χ1n) is 13.3. The van der Waals surface area contributed by atoms with Gasteiger partial charge < -0.3 is 28.4 Å². The predicted molar refractivity (Wildman–Crippen MR) is 122 cm³/mol. The van der Waals surface area contributed by atoms with Crippen LogP contribution in [0.15, 0.2) is 12.3 Å². The second kappa shape index (κ2) is 7.93. The van der Waals surface area contributed by atoms with Crippen LogP contribution in [0.5, 0.6) is 0 Å². The summed E-state index contributed by atoms with van der Waals surface area (Å²) < 4.78 is 37.3. The van der Waals surface area contributed by atoms with Gasteiger partial charge in [0, 0.05) is 24.7 Å². The molecule has 7 aliphatic rings. The highest BCUT2D eigenvalue weighted by atomic mass is 16.7. The number of esters is 2. The molecular formula is C27H38O8. The summed E-state index contributed by atoms with van der Waals surface area (Å²) in [5.74, 6) is -0.376. The lowest BCUT2D eigenvalue weighted by molar-refractivity contribution is -0.376. The summed E-state index contributed by atoms with van der Waals surface area (Å²) in [4.78, 5) is 25.4. The van der Waals surface area contributed by atoms with Crippen molar-refractivity contribution in [3.05, 3.63) is 12.3 Å². The minimum Gasteiger partial charge on any atom is -0.472 e. The van der Waals surface area contributed by atoms with E-state index in [9.17, 15) is 9.59 Å². The molecule has 12 atom stereocenters. The second-order valence-electron chi connectivity index (χ2n) is 12.0. The second-order valence-corrected chi connectivity index (χ2v) is 12.0. The Balaban J connectivity index is 1.45. The maximum absolute atomic E-state index is 13.1. The largest absolute Gasteiger partial charge is 0.472 e. The van der Waals surface area contributed by atoms with E-state index in [1.165, 1.54) is 6.92 Å². The molecule has 0 aromatic heterocycles. The van der Waals surface area contributed by atoms with Crippen LogP contribution in [0.25, 0.3) is 0 Å². The van der Waals surface area contributed by atoms with Gasteiger partial charge in [-0.1, -0.05) is 27.7 Å². The summed E-state index contributed by atoms with van der Waals surface area (Å²) in [5.41, 5.74) is -1.57. The Kier molecular flexibility index (Phi) is 5.38. The Bertz CT molecular complexity index is 928. The molecule has 5 heterocycles. The quantitative estimate of drug-likeness (QED) is 0.425. The van der Waals surface area contributed by atoms with Gasteiger partial charge in [0.2, 0.25) is 12.6 Å². The summed E-state index contributed by atoms with van der Waals surface area (Å²) in [6.07, 6.45) is 5.91. The van der Waals surface area contributed by atoms with Crippen LogP contribution in [0.1, 0.15) is 66.7 Å². The van der Waals surface area contributed by atoms with Gasteiger partial charge in [0.1, 0.15) is 17.1 Å². The smallest absolute Gasteiger partial charge is 0.310 e. The van der Waals surface area contributed by atoms with E-state index in [0.29, 0.717) is 19.4 Å². The molecule has 0 radical (unpaired) electrons. The number of rotatable bonds is 5. The van der Waals surface area contributed by atoms with E-state index in [1.54, 1.807) is 6.26 Å². The SMILES string of the molecule is CCC(C)C(=O)OC1OC2CC3C(C)(C4CC5C=COC5O4)C(C)CC(OC(C)=O)C13C1(CO1)C2. The lowest BCUT2D eigenvalue weighted by Gasteiger charge is -2.69. The zero-order chi connectivity index (χ0) is 24.8. The van der Waals surface area contributed by atoms with E-state index < -0.39 is 23.4 Å². The Morgan fingerprint density at radius 2 is 1.94 bits per heavy atom. The molecule has 4 saturated heterocycles. The fourth-order valence-corrected chi connectivity index (χ4v) is 8.18. The number of fused-ring (bicyclic) bond motifs is 2. The average molecular weight is 491 g/mol. The molecule has 7 rings (SSSR count). The van der Waals surface area contributed by atoms with Crippen molar-refractivity contribution in [1.29, 1.82) is 0 Å². The minimum absolute atomic E-state index is 0.0284. The Hall–Kier alpha value is -1.64. The zero-order valence-corrected chi connectivity index (χ0v) is 21.4. The fraction of sp³-hybridized carbons (Fsp3) is 0.852. The van der Waals surface area contributed by atoms with Crippen molar-refractivity contribution in [3.63, 3.8) is 0 Å².